The third kappa shape index (κ3) is 14.0. The number of thioether (sulfide) groups is 1. The van der Waals surface area contributed by atoms with Crippen molar-refractivity contribution in [1.29, 1.82) is 0 Å². The summed E-state index contributed by atoms with van der Waals surface area (Å²) in [5.74, 6) is 0.981. The molecule has 2 nitrogen and oxygen atoms in total. The molecule has 0 heterocycles. The minimum atomic E-state index is 0.258. The molecule has 0 amide bonds. The van der Waals surface area contributed by atoms with Crippen LogP contribution in [-0.4, -0.2) is 17.4 Å². The highest BCUT2D eigenvalue weighted by atomic mass is 32.2. The molecule has 0 aliphatic carbocycles. The van der Waals surface area contributed by atoms with Crippen LogP contribution >= 0.6 is 11.8 Å². The summed E-state index contributed by atoms with van der Waals surface area (Å²) in [6.45, 7) is 2.75. The van der Waals surface area contributed by atoms with E-state index in [1.807, 2.05) is 0 Å². The topological polar surface area (TPSA) is 43.1 Å². The van der Waals surface area contributed by atoms with E-state index >= 15 is 0 Å². The van der Waals surface area contributed by atoms with Crippen molar-refractivity contribution in [1.82, 2.24) is 0 Å². The van der Waals surface area contributed by atoms with Crippen LogP contribution in [0.25, 0.3) is 0 Å². The summed E-state index contributed by atoms with van der Waals surface area (Å²) >= 11 is 1.46. The van der Waals surface area contributed by atoms with Crippen molar-refractivity contribution >= 4 is 16.9 Å². The Morgan fingerprint density at radius 1 is 0.889 bits per heavy atom. The van der Waals surface area contributed by atoms with Gasteiger partial charge in [-0.1, -0.05) is 76.5 Å². The van der Waals surface area contributed by atoms with Gasteiger partial charge in [-0.3, -0.25) is 4.79 Å². The number of carbonyl (C=O) groups is 1. The van der Waals surface area contributed by atoms with Gasteiger partial charge in [0, 0.05) is 18.7 Å². The smallest absolute Gasteiger partial charge is 0.190 e. The van der Waals surface area contributed by atoms with Crippen LogP contribution in [0.1, 0.15) is 77.6 Å². The summed E-state index contributed by atoms with van der Waals surface area (Å²) in [5, 5.41) is 0.258. The van der Waals surface area contributed by atoms with Crippen LogP contribution in [-0.2, 0) is 4.79 Å². The van der Waals surface area contributed by atoms with Gasteiger partial charge in [0.15, 0.2) is 5.12 Å². The minimum absolute atomic E-state index is 0.258. The van der Waals surface area contributed by atoms with Crippen LogP contribution in [0, 0.1) is 0 Å². The van der Waals surface area contributed by atoms with Crippen molar-refractivity contribution < 1.29 is 4.79 Å². The molecular weight excluding hydrogens is 242 g/mol. The van der Waals surface area contributed by atoms with E-state index in [1.54, 1.807) is 0 Å². The molecule has 0 saturated carbocycles. The molecule has 2 N–H and O–H groups in total. The molecule has 108 valence electrons. The van der Waals surface area contributed by atoms with Crippen molar-refractivity contribution in [2.24, 2.45) is 5.73 Å². The van der Waals surface area contributed by atoms with E-state index in [1.165, 1.54) is 76.0 Å². The molecule has 0 rings (SSSR count). The molecule has 0 aliphatic rings. The molecule has 3 heteroatoms. The standard InChI is InChI=1S/C15H31NOS/c1-2-3-4-5-6-7-8-9-10-11-14-18-15(17)12-13-16/h2-14,16H2,1H3. The van der Waals surface area contributed by atoms with Crippen LogP contribution in [0.15, 0.2) is 0 Å². The van der Waals surface area contributed by atoms with E-state index < -0.39 is 0 Å². The monoisotopic (exact) mass is 273 g/mol. The average molecular weight is 273 g/mol. The van der Waals surface area contributed by atoms with Crippen LogP contribution in [0.3, 0.4) is 0 Å². The van der Waals surface area contributed by atoms with Crippen molar-refractivity contribution in [3.05, 3.63) is 0 Å². The minimum Gasteiger partial charge on any atom is -0.330 e. The predicted octanol–water partition coefficient (Wildman–Crippen LogP) is 4.52. The maximum atomic E-state index is 11.2. The second-order valence-electron chi connectivity index (χ2n) is 4.94. The molecule has 0 bridgehead atoms. The van der Waals surface area contributed by atoms with E-state index in [4.69, 9.17) is 5.73 Å². The van der Waals surface area contributed by atoms with Gasteiger partial charge in [-0.15, -0.1) is 0 Å². The molecular formula is C15H31NOS. The first kappa shape index (κ1) is 18.0. The fourth-order valence-corrected chi connectivity index (χ4v) is 2.80. The number of hydrogen-bond acceptors (Lipinski definition) is 3. The predicted molar refractivity (Wildman–Crippen MR) is 83.0 cm³/mol. The summed E-state index contributed by atoms with van der Waals surface area (Å²) in [5.41, 5.74) is 5.32. The van der Waals surface area contributed by atoms with Gasteiger partial charge >= 0.3 is 0 Å². The van der Waals surface area contributed by atoms with Gasteiger partial charge in [-0.25, -0.2) is 0 Å². The highest BCUT2D eigenvalue weighted by Gasteiger charge is 2.00. The lowest BCUT2D eigenvalue weighted by molar-refractivity contribution is -0.110. The molecule has 0 unspecified atom stereocenters. The fraction of sp³-hybridized carbons (Fsp3) is 0.933. The average Bonchev–Trinajstić information content (AvgIpc) is 2.36. The zero-order chi connectivity index (χ0) is 13.5. The number of nitrogens with two attached hydrogens (primary N) is 1. The van der Waals surface area contributed by atoms with Gasteiger partial charge in [0.1, 0.15) is 0 Å². The molecule has 0 aromatic rings. The normalized spacial score (nSPS) is 10.8. The first-order chi connectivity index (χ1) is 8.81. The molecule has 0 radical (unpaired) electrons. The van der Waals surface area contributed by atoms with Gasteiger partial charge in [-0.2, -0.15) is 0 Å². The van der Waals surface area contributed by atoms with Crippen molar-refractivity contribution in [3.63, 3.8) is 0 Å². The van der Waals surface area contributed by atoms with E-state index in [2.05, 4.69) is 6.92 Å². The van der Waals surface area contributed by atoms with Crippen LogP contribution in [0.5, 0.6) is 0 Å². The number of carbonyl (C=O) groups excluding carboxylic acids is 1. The first-order valence-electron chi connectivity index (χ1n) is 7.67. The molecule has 0 spiro atoms. The lowest BCUT2D eigenvalue weighted by Gasteiger charge is -2.02. The van der Waals surface area contributed by atoms with Crippen LogP contribution in [0.2, 0.25) is 0 Å². The summed E-state index contributed by atoms with van der Waals surface area (Å²) < 4.78 is 0. The highest BCUT2D eigenvalue weighted by Crippen LogP contribution is 2.13. The van der Waals surface area contributed by atoms with Gasteiger partial charge in [0.2, 0.25) is 0 Å². The molecule has 0 aromatic heterocycles. The van der Waals surface area contributed by atoms with E-state index in [0.29, 0.717) is 13.0 Å². The van der Waals surface area contributed by atoms with E-state index in [0.717, 1.165) is 5.75 Å². The van der Waals surface area contributed by atoms with Crippen molar-refractivity contribution in [3.8, 4) is 0 Å². The Hall–Kier alpha value is -0.0200. The molecule has 0 aromatic carbocycles. The molecule has 0 saturated heterocycles. The second kappa shape index (κ2) is 15.0. The summed E-state index contributed by atoms with van der Waals surface area (Å²) in [7, 11) is 0. The Morgan fingerprint density at radius 3 is 1.89 bits per heavy atom. The SMILES string of the molecule is CCCCCCCCCCCCSC(=O)CCN. The largest absolute Gasteiger partial charge is 0.330 e. The van der Waals surface area contributed by atoms with Crippen LogP contribution in [0.4, 0.5) is 0 Å². The van der Waals surface area contributed by atoms with Crippen molar-refractivity contribution in [2.75, 3.05) is 12.3 Å². The number of hydrogen-bond donors (Lipinski definition) is 1. The summed E-state index contributed by atoms with van der Waals surface area (Å²) in [6, 6.07) is 0. The van der Waals surface area contributed by atoms with E-state index in [-0.39, 0.29) is 5.12 Å². The Bertz CT molecular complexity index is 185. The molecule has 18 heavy (non-hydrogen) atoms. The van der Waals surface area contributed by atoms with Gasteiger partial charge in [-0.05, 0) is 6.42 Å². The Kier molecular flexibility index (Phi) is 15.0. The third-order valence-corrected chi connectivity index (χ3v) is 4.13. The quantitative estimate of drug-likeness (QED) is 0.502. The van der Waals surface area contributed by atoms with Gasteiger partial charge < -0.3 is 5.73 Å². The summed E-state index contributed by atoms with van der Waals surface area (Å²) in [4.78, 5) is 11.2. The molecule has 0 atom stereocenters. The molecule has 0 aliphatic heterocycles. The Morgan fingerprint density at radius 2 is 1.39 bits per heavy atom. The van der Waals surface area contributed by atoms with Crippen LogP contribution < -0.4 is 5.73 Å². The second-order valence-corrected chi connectivity index (χ2v) is 6.09. The Balaban J connectivity index is 3.01. The fourth-order valence-electron chi connectivity index (χ4n) is 1.97. The Labute approximate surface area is 117 Å². The summed E-state index contributed by atoms with van der Waals surface area (Å²) in [6.07, 6.45) is 14.0. The van der Waals surface area contributed by atoms with E-state index in [9.17, 15) is 4.79 Å². The maximum Gasteiger partial charge on any atom is 0.190 e. The number of rotatable bonds is 13. The lowest BCUT2D eigenvalue weighted by Crippen LogP contribution is -2.04. The van der Waals surface area contributed by atoms with Gasteiger partial charge in [0.05, 0.1) is 0 Å². The van der Waals surface area contributed by atoms with Crippen molar-refractivity contribution in [2.45, 2.75) is 77.6 Å². The molecule has 0 fully saturated rings. The lowest BCUT2D eigenvalue weighted by atomic mass is 10.1. The highest BCUT2D eigenvalue weighted by molar-refractivity contribution is 8.13. The number of unbranched alkanes of at least 4 members (excludes halogenated alkanes) is 9. The van der Waals surface area contributed by atoms with Gasteiger partial charge in [0.25, 0.3) is 0 Å². The maximum absolute atomic E-state index is 11.2. The third-order valence-electron chi connectivity index (χ3n) is 3.11. The zero-order valence-electron chi connectivity index (χ0n) is 12.1. The zero-order valence-corrected chi connectivity index (χ0v) is 12.9. The first-order valence-corrected chi connectivity index (χ1v) is 8.65.